The van der Waals surface area contributed by atoms with Crippen LogP contribution in [0.2, 0.25) is 0 Å². The Kier molecular flexibility index (Phi) is 9.50. The number of carboxylic acids is 1. The van der Waals surface area contributed by atoms with Gasteiger partial charge in [0.15, 0.2) is 0 Å². The topological polar surface area (TPSA) is 116 Å². The van der Waals surface area contributed by atoms with E-state index < -0.39 is 47.6 Å². The van der Waals surface area contributed by atoms with E-state index in [0.29, 0.717) is 19.4 Å². The average molecular weight is 524 g/mol. The van der Waals surface area contributed by atoms with Gasteiger partial charge in [-0.15, -0.1) is 0 Å². The van der Waals surface area contributed by atoms with Crippen molar-refractivity contribution in [1.82, 2.24) is 15.1 Å². The fourth-order valence-corrected chi connectivity index (χ4v) is 4.60. The van der Waals surface area contributed by atoms with Crippen molar-refractivity contribution in [3.63, 3.8) is 0 Å². The van der Waals surface area contributed by atoms with E-state index in [9.17, 15) is 24.3 Å². The molecule has 2 aromatic carbocycles. The molecule has 0 aromatic heterocycles. The summed E-state index contributed by atoms with van der Waals surface area (Å²) in [6.45, 7) is 5.51. The molecule has 9 nitrogen and oxygen atoms in total. The van der Waals surface area contributed by atoms with E-state index >= 15 is 0 Å². The summed E-state index contributed by atoms with van der Waals surface area (Å²) in [4.78, 5) is 54.8. The van der Waals surface area contributed by atoms with Crippen molar-refractivity contribution in [2.75, 3.05) is 13.6 Å². The number of hydrogen-bond acceptors (Lipinski definition) is 5. The van der Waals surface area contributed by atoms with E-state index in [-0.39, 0.29) is 12.8 Å². The van der Waals surface area contributed by atoms with Crippen LogP contribution in [0, 0.1) is 0 Å². The summed E-state index contributed by atoms with van der Waals surface area (Å²) >= 11 is 0. The lowest BCUT2D eigenvalue weighted by molar-refractivity contribution is -0.152. The number of likely N-dealkylation sites (tertiary alicyclic amines) is 1. The average Bonchev–Trinajstić information content (AvgIpc) is 3.36. The van der Waals surface area contributed by atoms with Crippen molar-refractivity contribution in [3.8, 4) is 0 Å². The molecular weight excluding hydrogens is 486 g/mol. The minimum atomic E-state index is -1.06. The monoisotopic (exact) mass is 523 g/mol. The van der Waals surface area contributed by atoms with Gasteiger partial charge in [0.1, 0.15) is 23.7 Å². The molecule has 1 heterocycles. The van der Waals surface area contributed by atoms with Crippen LogP contribution in [0.25, 0.3) is 0 Å². The molecule has 0 radical (unpaired) electrons. The molecule has 1 fully saturated rings. The molecule has 0 aliphatic carbocycles. The molecule has 1 aliphatic heterocycles. The second-order valence-corrected chi connectivity index (χ2v) is 10.6. The van der Waals surface area contributed by atoms with Gasteiger partial charge in [-0.1, -0.05) is 60.7 Å². The fraction of sp³-hybridized carbons (Fsp3) is 0.448. The summed E-state index contributed by atoms with van der Waals surface area (Å²) in [7, 11) is 1.52. The Hall–Kier alpha value is -3.88. The quantitative estimate of drug-likeness (QED) is 0.521. The van der Waals surface area contributed by atoms with Crippen molar-refractivity contribution in [1.29, 1.82) is 0 Å². The first-order chi connectivity index (χ1) is 18.0. The molecule has 204 valence electrons. The number of carbonyl (C=O) groups is 4. The summed E-state index contributed by atoms with van der Waals surface area (Å²) in [6, 6.07) is 15.6. The smallest absolute Gasteiger partial charge is 0.408 e. The maximum Gasteiger partial charge on any atom is 0.408 e. The van der Waals surface area contributed by atoms with E-state index in [2.05, 4.69) is 5.32 Å². The summed E-state index contributed by atoms with van der Waals surface area (Å²) in [5.74, 6) is -1.96. The number of nitrogens with zero attached hydrogens (tertiary/aromatic N) is 2. The van der Waals surface area contributed by atoms with E-state index in [1.165, 1.54) is 16.8 Å². The molecular formula is C29H37N3O6. The van der Waals surface area contributed by atoms with Gasteiger partial charge >= 0.3 is 12.1 Å². The third-order valence-corrected chi connectivity index (χ3v) is 6.46. The first-order valence-electron chi connectivity index (χ1n) is 12.8. The number of ether oxygens (including phenoxy) is 1. The van der Waals surface area contributed by atoms with Crippen LogP contribution in [0.4, 0.5) is 4.79 Å². The lowest BCUT2D eigenvalue weighted by Crippen LogP contribution is -2.57. The molecule has 1 saturated heterocycles. The van der Waals surface area contributed by atoms with Crippen LogP contribution < -0.4 is 5.32 Å². The standard InChI is InChI=1S/C29H37N3O6/c1-29(2,3)38-28(37)30-22(18-20-12-7-5-8-13-20)25(33)31(4)24(19-21-14-9-6-10-15-21)26(34)32-17-11-16-23(32)27(35)36/h5-10,12-15,22-24H,11,16-19H2,1-4H3,(H,30,37)(H,35,36)/t22-,23-,24-/m0/s1. The van der Waals surface area contributed by atoms with Crippen LogP contribution in [-0.4, -0.2) is 76.1 Å². The number of carbonyl (C=O) groups excluding carboxylic acids is 3. The van der Waals surface area contributed by atoms with Gasteiger partial charge < -0.3 is 25.0 Å². The Morgan fingerprint density at radius 3 is 2.08 bits per heavy atom. The predicted molar refractivity (Wildman–Crippen MR) is 142 cm³/mol. The summed E-state index contributed by atoms with van der Waals surface area (Å²) in [5.41, 5.74) is 0.895. The molecule has 0 unspecified atom stereocenters. The Balaban J connectivity index is 1.91. The number of nitrogens with one attached hydrogen (secondary N) is 1. The Labute approximate surface area is 223 Å². The molecule has 0 spiro atoms. The number of amides is 3. The Bertz CT molecular complexity index is 1120. The summed E-state index contributed by atoms with van der Waals surface area (Å²) in [6.07, 6.45) is 0.603. The molecule has 0 bridgehead atoms. The normalized spacial score (nSPS) is 16.8. The fourth-order valence-electron chi connectivity index (χ4n) is 4.60. The molecule has 2 N–H and O–H groups in total. The molecule has 3 rings (SSSR count). The van der Waals surface area contributed by atoms with Crippen LogP contribution in [0.3, 0.4) is 0 Å². The van der Waals surface area contributed by atoms with Crippen molar-refractivity contribution >= 4 is 23.9 Å². The van der Waals surface area contributed by atoms with Crippen molar-refractivity contribution < 1.29 is 29.0 Å². The first kappa shape index (κ1) is 28.7. The molecule has 1 aliphatic rings. The lowest BCUT2D eigenvalue weighted by Gasteiger charge is -2.34. The largest absolute Gasteiger partial charge is 0.480 e. The highest BCUT2D eigenvalue weighted by Crippen LogP contribution is 2.22. The summed E-state index contributed by atoms with van der Waals surface area (Å²) < 4.78 is 5.40. The first-order valence-corrected chi connectivity index (χ1v) is 12.8. The summed E-state index contributed by atoms with van der Waals surface area (Å²) in [5, 5.41) is 12.3. The van der Waals surface area contributed by atoms with Crippen LogP contribution in [0.1, 0.15) is 44.7 Å². The highest BCUT2D eigenvalue weighted by molar-refractivity contribution is 5.93. The zero-order valence-electron chi connectivity index (χ0n) is 22.4. The van der Waals surface area contributed by atoms with Gasteiger partial charge in [-0.25, -0.2) is 9.59 Å². The molecule has 38 heavy (non-hydrogen) atoms. The van der Waals surface area contributed by atoms with E-state index in [4.69, 9.17) is 4.74 Å². The second kappa shape index (κ2) is 12.6. The number of likely N-dealkylation sites (N-methyl/N-ethyl adjacent to an activating group) is 1. The van der Waals surface area contributed by atoms with Gasteiger partial charge in [0, 0.05) is 26.4 Å². The maximum absolute atomic E-state index is 13.9. The van der Waals surface area contributed by atoms with E-state index in [0.717, 1.165) is 11.1 Å². The van der Waals surface area contributed by atoms with Gasteiger partial charge in [-0.05, 0) is 44.7 Å². The van der Waals surface area contributed by atoms with Gasteiger partial charge in [-0.2, -0.15) is 0 Å². The SMILES string of the molecule is CN(C(=O)[C@H](Cc1ccccc1)NC(=O)OC(C)(C)C)[C@@H](Cc1ccccc1)C(=O)N1CCC[C@H]1C(=O)O. The van der Waals surface area contributed by atoms with Crippen molar-refractivity contribution in [2.45, 2.75) is 70.2 Å². The van der Waals surface area contributed by atoms with Crippen LogP contribution in [0.15, 0.2) is 60.7 Å². The molecule has 0 saturated carbocycles. The number of benzene rings is 2. The number of carboxylic acid groups (broad SMARTS) is 1. The van der Waals surface area contributed by atoms with Gasteiger partial charge in [0.2, 0.25) is 11.8 Å². The van der Waals surface area contributed by atoms with Gasteiger partial charge in [0.05, 0.1) is 0 Å². The van der Waals surface area contributed by atoms with Crippen LogP contribution in [0.5, 0.6) is 0 Å². The Morgan fingerprint density at radius 2 is 1.55 bits per heavy atom. The highest BCUT2D eigenvalue weighted by atomic mass is 16.6. The second-order valence-electron chi connectivity index (χ2n) is 10.6. The molecule has 3 atom stereocenters. The van der Waals surface area contributed by atoms with Crippen LogP contribution in [-0.2, 0) is 32.0 Å². The zero-order valence-corrected chi connectivity index (χ0v) is 22.4. The van der Waals surface area contributed by atoms with Crippen molar-refractivity contribution in [2.24, 2.45) is 0 Å². The third-order valence-electron chi connectivity index (χ3n) is 6.46. The van der Waals surface area contributed by atoms with Gasteiger partial charge in [0.25, 0.3) is 0 Å². The molecule has 2 aromatic rings. The third kappa shape index (κ3) is 7.81. The van der Waals surface area contributed by atoms with E-state index in [1.807, 2.05) is 60.7 Å². The maximum atomic E-state index is 13.9. The minimum Gasteiger partial charge on any atom is -0.480 e. The minimum absolute atomic E-state index is 0.191. The lowest BCUT2D eigenvalue weighted by atomic mass is 10.0. The Morgan fingerprint density at radius 1 is 1.00 bits per heavy atom. The number of rotatable bonds is 9. The number of aliphatic carboxylic acids is 1. The van der Waals surface area contributed by atoms with E-state index in [1.54, 1.807) is 20.8 Å². The molecule has 9 heteroatoms. The molecule has 3 amide bonds. The van der Waals surface area contributed by atoms with Gasteiger partial charge in [-0.3, -0.25) is 9.59 Å². The van der Waals surface area contributed by atoms with Crippen molar-refractivity contribution in [3.05, 3.63) is 71.8 Å². The predicted octanol–water partition coefficient (Wildman–Crippen LogP) is 3.27. The number of hydrogen-bond donors (Lipinski definition) is 2. The highest BCUT2D eigenvalue weighted by Gasteiger charge is 2.40. The number of alkyl carbamates (subject to hydrolysis) is 1. The zero-order chi connectivity index (χ0) is 27.9. The van der Waals surface area contributed by atoms with Crippen LogP contribution >= 0.6 is 0 Å².